The Hall–Kier alpha value is -0.970. The van der Waals surface area contributed by atoms with E-state index in [2.05, 4.69) is 36.0 Å². The third-order valence-electron chi connectivity index (χ3n) is 4.68. The van der Waals surface area contributed by atoms with Gasteiger partial charge in [-0.3, -0.25) is 4.99 Å². The van der Waals surface area contributed by atoms with Crippen LogP contribution in [0.15, 0.2) is 23.2 Å². The first-order valence-electron chi connectivity index (χ1n) is 8.90. The van der Waals surface area contributed by atoms with Crippen LogP contribution >= 0.6 is 23.2 Å². The normalized spacial score (nSPS) is 17.0. The molecule has 140 valence electrons. The number of ether oxygens (including phenoxy) is 1. The molecule has 1 saturated heterocycles. The average Bonchev–Trinajstić information content (AvgIpc) is 2.56. The minimum Gasteiger partial charge on any atom is -0.378 e. The third kappa shape index (κ3) is 5.25. The molecular weight excluding hydrogens is 357 g/mol. The van der Waals surface area contributed by atoms with Crippen LogP contribution in [0, 0.1) is 0 Å². The lowest BCUT2D eigenvalue weighted by atomic mass is 9.84. The number of likely N-dealkylation sites (tertiary alicyclic amines) is 1. The fraction of sp³-hybridized carbons (Fsp3) is 0.632. The molecule has 0 aliphatic carbocycles. The molecule has 6 heteroatoms. The van der Waals surface area contributed by atoms with Crippen molar-refractivity contribution in [2.24, 2.45) is 4.99 Å². The van der Waals surface area contributed by atoms with Crippen LogP contribution in [0.5, 0.6) is 0 Å². The Bertz CT molecular complexity index is 576. The second-order valence-corrected chi connectivity index (χ2v) is 7.84. The zero-order chi connectivity index (χ0) is 18.4. The maximum Gasteiger partial charge on any atom is 0.193 e. The molecule has 0 radical (unpaired) electrons. The number of nitrogens with one attached hydrogen (secondary N) is 1. The van der Waals surface area contributed by atoms with Crippen molar-refractivity contribution in [1.29, 1.82) is 0 Å². The summed E-state index contributed by atoms with van der Waals surface area (Å²) in [6.07, 6.45) is 2.44. The van der Waals surface area contributed by atoms with Crippen molar-refractivity contribution in [3.63, 3.8) is 0 Å². The molecule has 0 spiro atoms. The molecule has 0 aromatic heterocycles. The van der Waals surface area contributed by atoms with E-state index >= 15 is 0 Å². The number of guanidine groups is 1. The molecule has 4 nitrogen and oxygen atoms in total. The van der Waals surface area contributed by atoms with Crippen molar-refractivity contribution in [1.82, 2.24) is 10.2 Å². The Kier molecular flexibility index (Phi) is 7.41. The van der Waals surface area contributed by atoms with Gasteiger partial charge in [0.25, 0.3) is 0 Å². The van der Waals surface area contributed by atoms with E-state index < -0.39 is 0 Å². The van der Waals surface area contributed by atoms with E-state index in [9.17, 15) is 0 Å². The van der Waals surface area contributed by atoms with Gasteiger partial charge in [-0.1, -0.05) is 43.1 Å². The molecule has 1 aliphatic rings. The lowest BCUT2D eigenvalue weighted by molar-refractivity contribution is 0.0263. The van der Waals surface area contributed by atoms with Crippen molar-refractivity contribution in [3.05, 3.63) is 33.8 Å². The van der Waals surface area contributed by atoms with Crippen molar-refractivity contribution < 1.29 is 4.74 Å². The van der Waals surface area contributed by atoms with Crippen molar-refractivity contribution in [3.8, 4) is 0 Å². The Morgan fingerprint density at radius 3 is 2.40 bits per heavy atom. The first kappa shape index (κ1) is 20.3. The fourth-order valence-corrected chi connectivity index (χ4v) is 4.24. The Balaban J connectivity index is 1.99. The summed E-state index contributed by atoms with van der Waals surface area (Å²) in [5.41, 5.74) is 0.756. The molecule has 0 unspecified atom stereocenters. The van der Waals surface area contributed by atoms with Gasteiger partial charge in [0.05, 0.1) is 6.10 Å². The number of nitrogens with zero attached hydrogens (tertiary/aromatic N) is 2. The van der Waals surface area contributed by atoms with E-state index in [0.29, 0.717) is 22.7 Å². The highest BCUT2D eigenvalue weighted by atomic mass is 35.5. The Labute approximate surface area is 161 Å². The van der Waals surface area contributed by atoms with E-state index in [1.165, 1.54) is 0 Å². The maximum atomic E-state index is 6.39. The van der Waals surface area contributed by atoms with Gasteiger partial charge in [0.1, 0.15) is 0 Å². The maximum absolute atomic E-state index is 6.39. The van der Waals surface area contributed by atoms with Crippen molar-refractivity contribution >= 4 is 29.2 Å². The molecule has 0 atom stereocenters. The predicted octanol–water partition coefficient (Wildman–Crippen LogP) is 4.35. The molecule has 0 amide bonds. The smallest absolute Gasteiger partial charge is 0.193 e. The molecule has 1 aromatic rings. The highest BCUT2D eigenvalue weighted by Crippen LogP contribution is 2.35. The molecule has 0 saturated carbocycles. The summed E-state index contributed by atoms with van der Waals surface area (Å²) in [5, 5.41) is 4.90. The number of halogens is 2. The number of piperidine rings is 1. The topological polar surface area (TPSA) is 36.9 Å². The summed E-state index contributed by atoms with van der Waals surface area (Å²) in [5.74, 6) is 0.922. The summed E-state index contributed by atoms with van der Waals surface area (Å²) in [4.78, 5) is 6.74. The van der Waals surface area contributed by atoms with Gasteiger partial charge in [0.2, 0.25) is 0 Å². The first-order chi connectivity index (χ1) is 11.9. The standard InChI is InChI=1S/C19H29Cl2N3O/c1-5-25-14-9-11-24(12-10-14)18(22-4)23-13-19(2,3)17-15(20)7-6-8-16(17)21/h6-8,14H,5,9-13H2,1-4H3,(H,22,23). The fourth-order valence-electron chi connectivity index (χ4n) is 3.34. The second kappa shape index (κ2) is 9.11. The SMILES string of the molecule is CCOC1CCN(C(=NC)NCC(C)(C)c2c(Cl)cccc2Cl)CC1. The Morgan fingerprint density at radius 1 is 1.28 bits per heavy atom. The molecule has 1 N–H and O–H groups in total. The predicted molar refractivity (Wildman–Crippen MR) is 107 cm³/mol. The molecular formula is C19H29Cl2N3O. The van der Waals surface area contributed by atoms with Gasteiger partial charge in [-0.15, -0.1) is 0 Å². The quantitative estimate of drug-likeness (QED) is 0.604. The van der Waals surface area contributed by atoms with Gasteiger partial charge in [-0.25, -0.2) is 0 Å². The van der Waals surface area contributed by atoms with Gasteiger partial charge in [0.15, 0.2) is 5.96 Å². The lowest BCUT2D eigenvalue weighted by Crippen LogP contribution is -2.49. The van der Waals surface area contributed by atoms with Crippen LogP contribution in [-0.2, 0) is 10.2 Å². The van der Waals surface area contributed by atoms with Gasteiger partial charge in [-0.2, -0.15) is 0 Å². The van der Waals surface area contributed by atoms with Crippen LogP contribution in [0.4, 0.5) is 0 Å². The molecule has 1 heterocycles. The monoisotopic (exact) mass is 385 g/mol. The first-order valence-corrected chi connectivity index (χ1v) is 9.66. The number of hydrogen-bond acceptors (Lipinski definition) is 2. The molecule has 1 fully saturated rings. The molecule has 1 aliphatic heterocycles. The number of hydrogen-bond donors (Lipinski definition) is 1. The van der Waals surface area contributed by atoms with Crippen molar-refractivity contribution in [2.75, 3.05) is 33.3 Å². The van der Waals surface area contributed by atoms with Crippen LogP contribution in [-0.4, -0.2) is 50.3 Å². The third-order valence-corrected chi connectivity index (χ3v) is 5.31. The summed E-state index contributed by atoms with van der Waals surface area (Å²) >= 11 is 12.8. The average molecular weight is 386 g/mol. The number of benzene rings is 1. The molecule has 1 aromatic carbocycles. The molecule has 2 rings (SSSR count). The van der Waals surface area contributed by atoms with E-state index in [0.717, 1.165) is 44.1 Å². The van der Waals surface area contributed by atoms with Crippen LogP contribution in [0.2, 0.25) is 10.0 Å². The summed E-state index contributed by atoms with van der Waals surface area (Å²) < 4.78 is 5.73. The van der Waals surface area contributed by atoms with Crippen molar-refractivity contribution in [2.45, 2.75) is 45.1 Å². The Morgan fingerprint density at radius 2 is 1.88 bits per heavy atom. The molecule has 0 bridgehead atoms. The lowest BCUT2D eigenvalue weighted by Gasteiger charge is -2.36. The van der Waals surface area contributed by atoms with Crippen LogP contribution in [0.3, 0.4) is 0 Å². The van der Waals surface area contributed by atoms with Gasteiger partial charge < -0.3 is 15.0 Å². The van der Waals surface area contributed by atoms with Crippen LogP contribution in [0.25, 0.3) is 0 Å². The summed E-state index contributed by atoms with van der Waals surface area (Å²) in [6.45, 7) is 9.73. The van der Waals surface area contributed by atoms with E-state index in [1.54, 1.807) is 0 Å². The van der Waals surface area contributed by atoms with Gasteiger partial charge >= 0.3 is 0 Å². The van der Waals surface area contributed by atoms with E-state index in [1.807, 2.05) is 25.2 Å². The minimum atomic E-state index is -0.213. The zero-order valence-corrected chi connectivity index (χ0v) is 17.1. The minimum absolute atomic E-state index is 0.213. The van der Waals surface area contributed by atoms with Gasteiger partial charge in [-0.05, 0) is 37.5 Å². The van der Waals surface area contributed by atoms with E-state index in [-0.39, 0.29) is 5.41 Å². The largest absolute Gasteiger partial charge is 0.378 e. The number of aliphatic imine (C=N–C) groups is 1. The summed E-state index contributed by atoms with van der Waals surface area (Å²) in [7, 11) is 1.83. The van der Waals surface area contributed by atoms with Crippen LogP contribution < -0.4 is 5.32 Å². The van der Waals surface area contributed by atoms with Gasteiger partial charge in [0, 0.05) is 48.7 Å². The van der Waals surface area contributed by atoms with E-state index in [4.69, 9.17) is 27.9 Å². The highest BCUT2D eigenvalue weighted by molar-refractivity contribution is 6.36. The highest BCUT2D eigenvalue weighted by Gasteiger charge is 2.28. The van der Waals surface area contributed by atoms with Crippen LogP contribution in [0.1, 0.15) is 39.2 Å². The molecule has 25 heavy (non-hydrogen) atoms. The second-order valence-electron chi connectivity index (χ2n) is 7.02. The zero-order valence-electron chi connectivity index (χ0n) is 15.6. The summed E-state index contributed by atoms with van der Waals surface area (Å²) in [6, 6.07) is 5.65. The number of rotatable bonds is 5.